The summed E-state index contributed by atoms with van der Waals surface area (Å²) in [5.74, 6) is -1.90. The molecule has 1 atom stereocenters. The fraction of sp³-hybridized carbons (Fsp3) is 0.257. The van der Waals surface area contributed by atoms with Crippen LogP contribution in [0.2, 0.25) is 0 Å². The molecular weight excluding hydrogens is 622 g/mol. The number of pyridine rings is 1. The number of rotatable bonds is 7. The molecule has 12 heteroatoms. The van der Waals surface area contributed by atoms with Crippen molar-refractivity contribution in [3.05, 3.63) is 84.0 Å². The van der Waals surface area contributed by atoms with E-state index in [0.717, 1.165) is 39.7 Å². The highest BCUT2D eigenvalue weighted by Crippen LogP contribution is 2.47. The molecule has 0 aliphatic carbocycles. The van der Waals surface area contributed by atoms with Crippen LogP contribution in [0, 0.1) is 11.6 Å². The van der Waals surface area contributed by atoms with Gasteiger partial charge in [-0.2, -0.15) is 10.2 Å². The van der Waals surface area contributed by atoms with E-state index < -0.39 is 17.2 Å². The molecule has 2 aromatic carbocycles. The molecular formula is C35H32F2N6O3S. The second kappa shape index (κ2) is 11.4. The van der Waals surface area contributed by atoms with Crippen molar-refractivity contribution in [1.82, 2.24) is 29.4 Å². The highest BCUT2D eigenvalue weighted by molar-refractivity contribution is 7.18. The molecule has 240 valence electrons. The molecule has 7 rings (SSSR count). The van der Waals surface area contributed by atoms with E-state index in [4.69, 9.17) is 14.8 Å². The predicted octanol–water partition coefficient (Wildman–Crippen LogP) is 6.90. The van der Waals surface area contributed by atoms with Gasteiger partial charge in [0.05, 0.1) is 40.7 Å². The molecule has 0 spiro atoms. The predicted molar refractivity (Wildman–Crippen MR) is 178 cm³/mol. The molecule has 47 heavy (non-hydrogen) atoms. The summed E-state index contributed by atoms with van der Waals surface area (Å²) < 4.78 is 41.0. The molecule has 0 saturated carbocycles. The van der Waals surface area contributed by atoms with Gasteiger partial charge in [0, 0.05) is 58.5 Å². The van der Waals surface area contributed by atoms with E-state index in [1.54, 1.807) is 23.4 Å². The van der Waals surface area contributed by atoms with E-state index in [0.29, 0.717) is 40.4 Å². The van der Waals surface area contributed by atoms with E-state index in [2.05, 4.69) is 11.7 Å². The van der Waals surface area contributed by atoms with E-state index >= 15 is 4.39 Å². The molecule has 5 heterocycles. The van der Waals surface area contributed by atoms with Gasteiger partial charge in [0.25, 0.3) is 0 Å². The molecule has 4 aromatic heterocycles. The molecule has 9 nitrogen and oxygen atoms in total. The van der Waals surface area contributed by atoms with Crippen LogP contribution in [0.5, 0.6) is 5.75 Å². The van der Waals surface area contributed by atoms with Crippen molar-refractivity contribution < 1.29 is 23.4 Å². The molecule has 0 fully saturated rings. The van der Waals surface area contributed by atoms with Crippen LogP contribution in [0.3, 0.4) is 0 Å². The van der Waals surface area contributed by atoms with E-state index in [1.165, 1.54) is 17.4 Å². The molecule has 0 unspecified atom stereocenters. The Labute approximate surface area is 273 Å². The van der Waals surface area contributed by atoms with Crippen molar-refractivity contribution in [1.29, 1.82) is 0 Å². The number of carbonyl (C=O) groups excluding carboxylic acids is 1. The lowest BCUT2D eigenvalue weighted by Crippen LogP contribution is -2.40. The Morgan fingerprint density at radius 1 is 1.13 bits per heavy atom. The lowest BCUT2D eigenvalue weighted by atomic mass is 9.96. The van der Waals surface area contributed by atoms with Gasteiger partial charge in [-0.25, -0.2) is 13.8 Å². The zero-order valence-corrected chi connectivity index (χ0v) is 27.1. The minimum absolute atomic E-state index is 0.0137. The van der Waals surface area contributed by atoms with Crippen LogP contribution in [0.15, 0.2) is 66.7 Å². The fourth-order valence-corrected chi connectivity index (χ4v) is 7.09. The molecule has 6 aromatic rings. The van der Waals surface area contributed by atoms with Crippen molar-refractivity contribution in [3.8, 4) is 39.5 Å². The Morgan fingerprint density at radius 2 is 1.94 bits per heavy atom. The number of thiophene rings is 1. The van der Waals surface area contributed by atoms with Crippen LogP contribution in [0.1, 0.15) is 32.5 Å². The fourth-order valence-electron chi connectivity index (χ4n) is 6.15. The summed E-state index contributed by atoms with van der Waals surface area (Å²) in [4.78, 5) is 19.5. The second-order valence-electron chi connectivity index (χ2n) is 12.4. The summed E-state index contributed by atoms with van der Waals surface area (Å²) >= 11 is 1.40. The van der Waals surface area contributed by atoms with Crippen molar-refractivity contribution in [2.24, 2.45) is 7.05 Å². The van der Waals surface area contributed by atoms with Crippen LogP contribution in [-0.2, 0) is 18.4 Å². The van der Waals surface area contributed by atoms with Gasteiger partial charge in [-0.1, -0.05) is 18.7 Å². The van der Waals surface area contributed by atoms with Gasteiger partial charge in [-0.3, -0.25) is 14.2 Å². The highest BCUT2D eigenvalue weighted by atomic mass is 32.1. The van der Waals surface area contributed by atoms with Crippen molar-refractivity contribution in [2.45, 2.75) is 39.0 Å². The third-order valence-corrected chi connectivity index (χ3v) is 9.24. The monoisotopic (exact) mass is 654 g/mol. The molecule has 0 saturated heterocycles. The number of aromatic nitrogens is 5. The van der Waals surface area contributed by atoms with Gasteiger partial charge in [0.2, 0.25) is 5.91 Å². The van der Waals surface area contributed by atoms with Crippen LogP contribution in [0.25, 0.3) is 54.8 Å². The topological polar surface area (TPSA) is 98.3 Å². The number of halogens is 2. The molecule has 1 amide bonds. The van der Waals surface area contributed by atoms with Crippen LogP contribution >= 0.6 is 11.3 Å². The number of aliphatic hydroxyl groups is 1. The van der Waals surface area contributed by atoms with Gasteiger partial charge in [-0.15, -0.1) is 11.3 Å². The van der Waals surface area contributed by atoms with Gasteiger partial charge in [-0.05, 0) is 50.4 Å². The van der Waals surface area contributed by atoms with Crippen LogP contribution in [0.4, 0.5) is 8.78 Å². The normalized spacial score (nSPS) is 15.0. The van der Waals surface area contributed by atoms with Gasteiger partial charge < -0.3 is 14.7 Å². The minimum Gasteiger partial charge on any atom is -0.490 e. The van der Waals surface area contributed by atoms with Gasteiger partial charge in [0.15, 0.2) is 0 Å². The molecule has 1 aliphatic rings. The summed E-state index contributed by atoms with van der Waals surface area (Å²) in [6.07, 6.45) is 3.23. The summed E-state index contributed by atoms with van der Waals surface area (Å²) in [5.41, 5.74) is 3.01. The summed E-state index contributed by atoms with van der Waals surface area (Å²) in [5, 5.41) is 23.6. The number of benzene rings is 2. The Morgan fingerprint density at radius 3 is 2.70 bits per heavy atom. The number of fused-ring (bicyclic) bond motifs is 3. The van der Waals surface area contributed by atoms with Crippen LogP contribution < -0.4 is 4.74 Å². The number of aryl methyl sites for hydroxylation is 1. The number of nitrogens with zero attached hydrogens (tertiary/aromatic N) is 6. The summed E-state index contributed by atoms with van der Waals surface area (Å²) in [7, 11) is 1.86. The lowest BCUT2D eigenvalue weighted by molar-refractivity contribution is -0.129. The Balaban J connectivity index is 1.51. The molecule has 1 aliphatic heterocycles. The standard InChI is InChI=1S/C35H32F2N6O3S/c1-6-29(44)42-10-11-43-27(19(42)2)16-26(40-43)33-31(30-24(37)14-22(36)15-28(30)46-18-35(3,4)45)34-23(9-12-47-34)32(38-33)20-7-8-21-17-41(5)39-25(21)13-20/h6-9,12-17,19,45H,1,10-11,18H2,2-5H3/t19-/m1/s1. The average molecular weight is 655 g/mol. The molecule has 1 N–H and O–H groups in total. The summed E-state index contributed by atoms with van der Waals surface area (Å²) in [6.45, 7) is 9.36. The smallest absolute Gasteiger partial charge is 0.246 e. The maximum absolute atomic E-state index is 16.1. The van der Waals surface area contributed by atoms with E-state index in [-0.39, 0.29) is 29.9 Å². The van der Waals surface area contributed by atoms with Crippen LogP contribution in [-0.4, -0.2) is 59.2 Å². The van der Waals surface area contributed by atoms with Crippen molar-refractivity contribution >= 4 is 38.2 Å². The van der Waals surface area contributed by atoms with E-state index in [1.807, 2.05) is 60.6 Å². The molecule has 0 radical (unpaired) electrons. The first kappa shape index (κ1) is 30.7. The van der Waals surface area contributed by atoms with Gasteiger partial charge in [0.1, 0.15) is 35.4 Å². The third kappa shape index (κ3) is 5.47. The lowest BCUT2D eigenvalue weighted by Gasteiger charge is -2.33. The third-order valence-electron chi connectivity index (χ3n) is 8.31. The number of carbonyl (C=O) groups is 1. The van der Waals surface area contributed by atoms with Crippen molar-refractivity contribution in [3.63, 3.8) is 0 Å². The second-order valence-corrected chi connectivity index (χ2v) is 13.3. The highest BCUT2D eigenvalue weighted by Gasteiger charge is 2.31. The maximum Gasteiger partial charge on any atom is 0.246 e. The molecule has 0 bridgehead atoms. The first-order chi connectivity index (χ1) is 22.4. The first-order valence-electron chi connectivity index (χ1n) is 15.1. The largest absolute Gasteiger partial charge is 0.490 e. The zero-order chi connectivity index (χ0) is 33.2. The zero-order valence-electron chi connectivity index (χ0n) is 26.3. The van der Waals surface area contributed by atoms with Crippen molar-refractivity contribution in [2.75, 3.05) is 13.2 Å². The Bertz CT molecular complexity index is 2210. The van der Waals surface area contributed by atoms with E-state index in [9.17, 15) is 14.3 Å². The quantitative estimate of drug-likeness (QED) is 0.188. The SMILES string of the molecule is C=CC(=O)N1CCn2nc(-c3nc(-c4ccc5cn(C)nc5c4)c4ccsc4c3-c3c(F)cc(F)cc3OCC(C)(C)O)cc2[C@H]1C. The maximum atomic E-state index is 16.1. The number of ether oxygens (including phenoxy) is 1. The number of hydrogen-bond donors (Lipinski definition) is 1. The minimum atomic E-state index is -1.26. The number of hydrogen-bond acceptors (Lipinski definition) is 7. The average Bonchev–Trinajstić information content (AvgIpc) is 3.76. The number of amides is 1. The van der Waals surface area contributed by atoms with Gasteiger partial charge >= 0.3 is 0 Å². The summed E-state index contributed by atoms with van der Waals surface area (Å²) in [6, 6.07) is 11.3. The Kier molecular flexibility index (Phi) is 7.44. The first-order valence-corrected chi connectivity index (χ1v) is 16.0. The Hall–Kier alpha value is -4.94.